The Morgan fingerprint density at radius 3 is 2.96 bits per heavy atom. The zero-order valence-corrected chi connectivity index (χ0v) is 14.0. The van der Waals surface area contributed by atoms with E-state index in [1.54, 1.807) is 29.3 Å². The molecule has 0 amide bonds. The highest BCUT2D eigenvalue weighted by Crippen LogP contribution is 2.27. The largest absolute Gasteiger partial charge is 0.465 e. The van der Waals surface area contributed by atoms with Crippen LogP contribution in [0.5, 0.6) is 0 Å². The van der Waals surface area contributed by atoms with Gasteiger partial charge in [-0.25, -0.2) is 14.8 Å². The molecule has 3 aromatic rings. The Hall–Kier alpha value is -3.16. The van der Waals surface area contributed by atoms with Crippen LogP contribution < -0.4 is 10.2 Å². The normalized spacial score (nSPS) is 14.4. The summed E-state index contributed by atoms with van der Waals surface area (Å²) in [5.41, 5.74) is 3.22. The summed E-state index contributed by atoms with van der Waals surface area (Å²) in [5, 5.41) is 7.69. The Morgan fingerprint density at radius 2 is 2.16 bits per heavy atom. The highest BCUT2D eigenvalue weighted by molar-refractivity contribution is 5.90. The smallest absolute Gasteiger partial charge is 0.337 e. The van der Waals surface area contributed by atoms with E-state index in [1.807, 2.05) is 19.2 Å². The van der Waals surface area contributed by atoms with Gasteiger partial charge in [0.25, 0.3) is 0 Å². The van der Waals surface area contributed by atoms with Gasteiger partial charge in [-0.1, -0.05) is 6.07 Å². The molecule has 1 fully saturated rings. The number of ether oxygens (including phenoxy) is 1. The molecule has 2 aromatic heterocycles. The summed E-state index contributed by atoms with van der Waals surface area (Å²) < 4.78 is 6.56. The molecule has 1 aliphatic rings. The maximum Gasteiger partial charge on any atom is 0.337 e. The number of rotatable bonds is 4. The van der Waals surface area contributed by atoms with Crippen LogP contribution in [0.4, 0.5) is 11.5 Å². The van der Waals surface area contributed by atoms with E-state index in [0.29, 0.717) is 5.56 Å². The van der Waals surface area contributed by atoms with Crippen LogP contribution in [0.25, 0.3) is 11.0 Å². The van der Waals surface area contributed by atoms with Crippen LogP contribution in [-0.2, 0) is 11.8 Å². The second-order valence-corrected chi connectivity index (χ2v) is 6.02. The molecular formula is C17H18N6O2. The van der Waals surface area contributed by atoms with Crippen molar-refractivity contribution in [2.45, 2.75) is 6.04 Å². The van der Waals surface area contributed by atoms with Crippen molar-refractivity contribution in [3.63, 3.8) is 0 Å². The lowest BCUT2D eigenvalue weighted by molar-refractivity contribution is 0.0601. The number of aromatic nitrogens is 4. The van der Waals surface area contributed by atoms with Gasteiger partial charge >= 0.3 is 5.97 Å². The van der Waals surface area contributed by atoms with Crippen molar-refractivity contribution in [2.75, 3.05) is 30.4 Å². The minimum atomic E-state index is -0.335. The van der Waals surface area contributed by atoms with E-state index in [-0.39, 0.29) is 12.0 Å². The molecule has 1 N–H and O–H groups in total. The number of esters is 1. The van der Waals surface area contributed by atoms with Gasteiger partial charge in [0.15, 0.2) is 5.82 Å². The predicted octanol–water partition coefficient (Wildman–Crippen LogP) is 1.45. The summed E-state index contributed by atoms with van der Waals surface area (Å²) in [6.07, 6.45) is 3.31. The fraction of sp³-hybridized carbons (Fsp3) is 0.294. The standard InChI is InChI=1S/C17H18N6O2/c1-22-15-14(7-20-22)18-10-19-16(15)23-8-13(9-23)21-12-5-3-4-11(6-12)17(24)25-2/h3-7,10,13,21H,8-9H2,1-2H3. The average molecular weight is 338 g/mol. The third kappa shape index (κ3) is 2.75. The topological polar surface area (TPSA) is 85.2 Å². The van der Waals surface area contributed by atoms with Crippen molar-refractivity contribution in [1.29, 1.82) is 0 Å². The summed E-state index contributed by atoms with van der Waals surface area (Å²) in [4.78, 5) is 22.5. The number of carbonyl (C=O) groups excluding carboxylic acids is 1. The zero-order chi connectivity index (χ0) is 17.4. The summed E-state index contributed by atoms with van der Waals surface area (Å²) in [7, 11) is 3.27. The zero-order valence-electron chi connectivity index (χ0n) is 14.0. The van der Waals surface area contributed by atoms with Gasteiger partial charge in [0.2, 0.25) is 0 Å². The number of benzene rings is 1. The molecule has 1 aromatic carbocycles. The molecule has 128 valence electrons. The molecule has 1 aliphatic heterocycles. The van der Waals surface area contributed by atoms with Gasteiger partial charge in [0.1, 0.15) is 17.4 Å². The molecule has 1 saturated heterocycles. The van der Waals surface area contributed by atoms with Crippen molar-refractivity contribution in [3.8, 4) is 0 Å². The molecule has 0 radical (unpaired) electrons. The number of aryl methyl sites for hydroxylation is 1. The van der Waals surface area contributed by atoms with Crippen molar-refractivity contribution in [2.24, 2.45) is 7.05 Å². The summed E-state index contributed by atoms with van der Waals surface area (Å²) in [6.45, 7) is 1.64. The number of carbonyl (C=O) groups is 1. The number of nitrogens with zero attached hydrogens (tertiary/aromatic N) is 5. The minimum Gasteiger partial charge on any atom is -0.465 e. The van der Waals surface area contributed by atoms with Crippen LogP contribution in [0, 0.1) is 0 Å². The first kappa shape index (κ1) is 15.4. The predicted molar refractivity (Wildman–Crippen MR) is 93.7 cm³/mol. The fourth-order valence-electron chi connectivity index (χ4n) is 3.05. The van der Waals surface area contributed by atoms with Crippen LogP contribution in [-0.4, -0.2) is 52.0 Å². The van der Waals surface area contributed by atoms with E-state index in [2.05, 4.69) is 25.3 Å². The van der Waals surface area contributed by atoms with E-state index < -0.39 is 0 Å². The maximum atomic E-state index is 11.6. The number of nitrogens with one attached hydrogen (secondary N) is 1. The third-order valence-corrected chi connectivity index (χ3v) is 4.34. The number of fused-ring (bicyclic) bond motifs is 1. The highest BCUT2D eigenvalue weighted by atomic mass is 16.5. The summed E-state index contributed by atoms with van der Waals surface area (Å²) in [5.74, 6) is 0.560. The quantitative estimate of drug-likeness (QED) is 0.721. The van der Waals surface area contributed by atoms with Crippen molar-refractivity contribution in [3.05, 3.63) is 42.4 Å². The minimum absolute atomic E-state index is 0.283. The van der Waals surface area contributed by atoms with Gasteiger partial charge in [0.05, 0.1) is 24.9 Å². The van der Waals surface area contributed by atoms with Gasteiger partial charge in [-0.2, -0.15) is 5.10 Å². The van der Waals surface area contributed by atoms with Crippen LogP contribution in [0.15, 0.2) is 36.8 Å². The van der Waals surface area contributed by atoms with Crippen LogP contribution >= 0.6 is 0 Å². The molecule has 8 heteroatoms. The van der Waals surface area contributed by atoms with Crippen molar-refractivity contribution >= 4 is 28.5 Å². The first-order valence-electron chi connectivity index (χ1n) is 7.98. The van der Waals surface area contributed by atoms with E-state index in [1.165, 1.54) is 7.11 Å². The molecule has 0 unspecified atom stereocenters. The lowest BCUT2D eigenvalue weighted by atomic mass is 10.1. The van der Waals surface area contributed by atoms with Crippen LogP contribution in [0.1, 0.15) is 10.4 Å². The second-order valence-electron chi connectivity index (χ2n) is 6.02. The lowest BCUT2D eigenvalue weighted by Gasteiger charge is -2.41. The number of methoxy groups -OCH3 is 1. The lowest BCUT2D eigenvalue weighted by Crippen LogP contribution is -2.55. The van der Waals surface area contributed by atoms with E-state index in [4.69, 9.17) is 4.74 Å². The van der Waals surface area contributed by atoms with Gasteiger partial charge in [-0.15, -0.1) is 0 Å². The van der Waals surface area contributed by atoms with Crippen molar-refractivity contribution in [1.82, 2.24) is 19.7 Å². The number of hydrogen-bond acceptors (Lipinski definition) is 7. The number of hydrogen-bond donors (Lipinski definition) is 1. The fourth-order valence-corrected chi connectivity index (χ4v) is 3.05. The molecule has 0 bridgehead atoms. The van der Waals surface area contributed by atoms with E-state index in [0.717, 1.165) is 35.6 Å². The average Bonchev–Trinajstić information content (AvgIpc) is 2.99. The maximum absolute atomic E-state index is 11.6. The van der Waals surface area contributed by atoms with E-state index >= 15 is 0 Å². The first-order chi connectivity index (χ1) is 12.2. The molecule has 3 heterocycles. The number of anilines is 2. The van der Waals surface area contributed by atoms with Gasteiger partial charge in [-0.3, -0.25) is 4.68 Å². The molecule has 0 atom stereocenters. The van der Waals surface area contributed by atoms with Gasteiger partial charge in [-0.05, 0) is 18.2 Å². The Labute approximate surface area is 144 Å². The summed E-state index contributed by atoms with van der Waals surface area (Å²) >= 11 is 0. The summed E-state index contributed by atoms with van der Waals surface area (Å²) in [6, 6.07) is 7.61. The Morgan fingerprint density at radius 1 is 1.32 bits per heavy atom. The van der Waals surface area contributed by atoms with E-state index in [9.17, 15) is 4.79 Å². The Balaban J connectivity index is 1.46. The monoisotopic (exact) mass is 338 g/mol. The molecular weight excluding hydrogens is 320 g/mol. The highest BCUT2D eigenvalue weighted by Gasteiger charge is 2.30. The Kier molecular flexibility index (Phi) is 3.72. The Bertz CT molecular complexity index is 932. The molecule has 0 spiro atoms. The van der Waals surface area contributed by atoms with Crippen molar-refractivity contribution < 1.29 is 9.53 Å². The van der Waals surface area contributed by atoms with Crippen LogP contribution in [0.3, 0.4) is 0 Å². The van der Waals surface area contributed by atoms with Crippen LogP contribution in [0.2, 0.25) is 0 Å². The molecule has 4 rings (SSSR count). The second kappa shape index (κ2) is 6.04. The van der Waals surface area contributed by atoms with Gasteiger partial charge < -0.3 is 15.0 Å². The molecule has 0 saturated carbocycles. The molecule has 0 aliphatic carbocycles. The molecule has 25 heavy (non-hydrogen) atoms. The van der Waals surface area contributed by atoms with Gasteiger partial charge in [0, 0.05) is 25.8 Å². The molecule has 8 nitrogen and oxygen atoms in total. The first-order valence-corrected chi connectivity index (χ1v) is 7.98. The third-order valence-electron chi connectivity index (χ3n) is 4.34. The SMILES string of the molecule is COC(=O)c1cccc(NC2CN(c3ncnc4cnn(C)c34)C2)c1.